The van der Waals surface area contributed by atoms with Gasteiger partial charge in [0.2, 0.25) is 5.91 Å². The Labute approximate surface area is 114 Å². The van der Waals surface area contributed by atoms with E-state index in [1.807, 2.05) is 20.8 Å². The molecule has 1 aromatic rings. The largest absolute Gasteiger partial charge is 0.355 e. The smallest absolute Gasteiger partial charge is 0.223 e. The van der Waals surface area contributed by atoms with E-state index in [0.29, 0.717) is 0 Å². The molecule has 0 aromatic carbocycles. The molecule has 1 aromatic heterocycles. The van der Waals surface area contributed by atoms with Crippen LogP contribution in [0.1, 0.15) is 32.4 Å². The second-order valence-corrected chi connectivity index (χ2v) is 5.44. The van der Waals surface area contributed by atoms with E-state index < -0.39 is 0 Å². The third kappa shape index (κ3) is 3.66. The standard InChI is InChI=1S/C14H22N4O/c1-10(2)16-14(19)12-4-6-18(7-5-12)13-9-15-8-11(3)17-13/h8-10,12H,4-7H2,1-3H3,(H,16,19). The molecule has 0 saturated carbocycles. The number of carbonyl (C=O) groups excluding carboxylic acids is 1. The first-order chi connectivity index (χ1) is 9.06. The van der Waals surface area contributed by atoms with Gasteiger partial charge in [-0.05, 0) is 33.6 Å². The van der Waals surface area contributed by atoms with Gasteiger partial charge in [-0.1, -0.05) is 0 Å². The predicted octanol–water partition coefficient (Wildman–Crippen LogP) is 1.53. The van der Waals surface area contributed by atoms with Crippen molar-refractivity contribution in [3.8, 4) is 0 Å². The van der Waals surface area contributed by atoms with Gasteiger partial charge in [0.15, 0.2) is 0 Å². The average Bonchev–Trinajstić information content (AvgIpc) is 2.38. The van der Waals surface area contributed by atoms with Crippen LogP contribution in [0.2, 0.25) is 0 Å². The minimum atomic E-state index is 0.136. The lowest BCUT2D eigenvalue weighted by molar-refractivity contribution is -0.126. The third-order valence-electron chi connectivity index (χ3n) is 3.36. The van der Waals surface area contributed by atoms with Gasteiger partial charge in [0.25, 0.3) is 0 Å². The van der Waals surface area contributed by atoms with Crippen molar-refractivity contribution in [2.75, 3.05) is 18.0 Å². The molecule has 0 bridgehead atoms. The van der Waals surface area contributed by atoms with Gasteiger partial charge in [0, 0.05) is 31.2 Å². The molecule has 19 heavy (non-hydrogen) atoms. The molecule has 1 aliphatic rings. The lowest BCUT2D eigenvalue weighted by Gasteiger charge is -2.32. The number of hydrogen-bond donors (Lipinski definition) is 1. The van der Waals surface area contributed by atoms with Gasteiger partial charge in [0.05, 0.1) is 11.9 Å². The zero-order chi connectivity index (χ0) is 13.8. The molecule has 1 N–H and O–H groups in total. The summed E-state index contributed by atoms with van der Waals surface area (Å²) < 4.78 is 0. The number of piperidine rings is 1. The Kier molecular flexibility index (Phi) is 4.35. The Hall–Kier alpha value is -1.65. The highest BCUT2D eigenvalue weighted by atomic mass is 16.1. The molecule has 2 rings (SSSR count). The van der Waals surface area contributed by atoms with Crippen LogP contribution in [0, 0.1) is 12.8 Å². The van der Waals surface area contributed by atoms with Gasteiger partial charge in [-0.15, -0.1) is 0 Å². The van der Waals surface area contributed by atoms with Crippen molar-refractivity contribution in [2.45, 2.75) is 39.7 Å². The Morgan fingerprint density at radius 1 is 1.37 bits per heavy atom. The first-order valence-corrected chi connectivity index (χ1v) is 6.90. The van der Waals surface area contributed by atoms with Crippen LogP contribution in [0.5, 0.6) is 0 Å². The van der Waals surface area contributed by atoms with Gasteiger partial charge in [-0.3, -0.25) is 9.78 Å². The van der Waals surface area contributed by atoms with Crippen LogP contribution in [-0.4, -0.2) is 35.0 Å². The zero-order valence-electron chi connectivity index (χ0n) is 11.9. The second kappa shape index (κ2) is 5.99. The average molecular weight is 262 g/mol. The van der Waals surface area contributed by atoms with E-state index in [1.165, 1.54) is 0 Å². The van der Waals surface area contributed by atoms with Crippen molar-refractivity contribution < 1.29 is 4.79 Å². The fourth-order valence-electron chi connectivity index (χ4n) is 2.38. The molecule has 104 valence electrons. The first-order valence-electron chi connectivity index (χ1n) is 6.90. The molecular weight excluding hydrogens is 240 g/mol. The van der Waals surface area contributed by atoms with Crippen LogP contribution >= 0.6 is 0 Å². The Bertz CT molecular complexity index is 439. The number of anilines is 1. The van der Waals surface area contributed by atoms with Crippen LogP contribution in [0.3, 0.4) is 0 Å². The number of nitrogens with zero attached hydrogens (tertiary/aromatic N) is 3. The minimum Gasteiger partial charge on any atom is -0.355 e. The summed E-state index contributed by atoms with van der Waals surface area (Å²) in [6.07, 6.45) is 5.32. The van der Waals surface area contributed by atoms with Gasteiger partial charge in [0.1, 0.15) is 5.82 Å². The summed E-state index contributed by atoms with van der Waals surface area (Å²) >= 11 is 0. The summed E-state index contributed by atoms with van der Waals surface area (Å²) in [5.74, 6) is 1.24. The second-order valence-electron chi connectivity index (χ2n) is 5.44. The van der Waals surface area contributed by atoms with Gasteiger partial charge < -0.3 is 10.2 Å². The number of aromatic nitrogens is 2. The molecular formula is C14H22N4O. The fourth-order valence-corrected chi connectivity index (χ4v) is 2.38. The number of rotatable bonds is 3. The molecule has 0 spiro atoms. The predicted molar refractivity (Wildman–Crippen MR) is 75.0 cm³/mol. The summed E-state index contributed by atoms with van der Waals surface area (Å²) in [6.45, 7) is 7.67. The van der Waals surface area contributed by atoms with E-state index in [0.717, 1.165) is 37.4 Å². The monoisotopic (exact) mass is 262 g/mol. The molecule has 1 fully saturated rings. The van der Waals surface area contributed by atoms with Crippen LogP contribution in [0.15, 0.2) is 12.4 Å². The highest BCUT2D eigenvalue weighted by Crippen LogP contribution is 2.21. The lowest BCUT2D eigenvalue weighted by atomic mass is 9.95. The Morgan fingerprint density at radius 3 is 2.63 bits per heavy atom. The normalized spacial score (nSPS) is 16.7. The minimum absolute atomic E-state index is 0.136. The highest BCUT2D eigenvalue weighted by Gasteiger charge is 2.25. The van der Waals surface area contributed by atoms with Crippen LogP contribution in [0.4, 0.5) is 5.82 Å². The van der Waals surface area contributed by atoms with Crippen LogP contribution in [0.25, 0.3) is 0 Å². The molecule has 0 radical (unpaired) electrons. The van der Waals surface area contributed by atoms with Crippen molar-refractivity contribution in [3.05, 3.63) is 18.1 Å². The molecule has 2 heterocycles. The van der Waals surface area contributed by atoms with Crippen LogP contribution in [-0.2, 0) is 4.79 Å². The summed E-state index contributed by atoms with van der Waals surface area (Å²) in [4.78, 5) is 22.8. The van der Waals surface area contributed by atoms with E-state index in [4.69, 9.17) is 0 Å². The fraction of sp³-hybridized carbons (Fsp3) is 0.643. The summed E-state index contributed by atoms with van der Waals surface area (Å²) in [5, 5.41) is 2.99. The van der Waals surface area contributed by atoms with E-state index in [9.17, 15) is 4.79 Å². The first kappa shape index (κ1) is 13.8. The topological polar surface area (TPSA) is 58.1 Å². The van der Waals surface area contributed by atoms with E-state index in [2.05, 4.69) is 20.2 Å². The molecule has 0 unspecified atom stereocenters. The highest BCUT2D eigenvalue weighted by molar-refractivity contribution is 5.79. The number of amides is 1. The molecule has 5 heteroatoms. The quantitative estimate of drug-likeness (QED) is 0.897. The summed E-state index contributed by atoms with van der Waals surface area (Å²) in [7, 11) is 0. The molecule has 1 saturated heterocycles. The molecule has 0 atom stereocenters. The SMILES string of the molecule is Cc1cncc(N2CCC(C(=O)NC(C)C)CC2)n1. The molecule has 1 aliphatic heterocycles. The van der Waals surface area contributed by atoms with Crippen molar-refractivity contribution >= 4 is 11.7 Å². The lowest BCUT2D eigenvalue weighted by Crippen LogP contribution is -2.42. The van der Waals surface area contributed by atoms with E-state index >= 15 is 0 Å². The van der Waals surface area contributed by atoms with Crippen molar-refractivity contribution in [1.82, 2.24) is 15.3 Å². The third-order valence-corrected chi connectivity index (χ3v) is 3.36. The van der Waals surface area contributed by atoms with Gasteiger partial charge in [-0.25, -0.2) is 4.98 Å². The van der Waals surface area contributed by atoms with Gasteiger partial charge >= 0.3 is 0 Å². The van der Waals surface area contributed by atoms with Crippen molar-refractivity contribution in [1.29, 1.82) is 0 Å². The number of hydrogen-bond acceptors (Lipinski definition) is 4. The molecule has 1 amide bonds. The number of nitrogens with one attached hydrogen (secondary N) is 1. The van der Waals surface area contributed by atoms with Gasteiger partial charge in [-0.2, -0.15) is 0 Å². The maximum atomic E-state index is 11.9. The van der Waals surface area contributed by atoms with Crippen LogP contribution < -0.4 is 10.2 Å². The van der Waals surface area contributed by atoms with Crippen molar-refractivity contribution in [3.63, 3.8) is 0 Å². The maximum Gasteiger partial charge on any atom is 0.223 e. The van der Waals surface area contributed by atoms with Crippen molar-refractivity contribution in [2.24, 2.45) is 5.92 Å². The number of aryl methyl sites for hydroxylation is 1. The van der Waals surface area contributed by atoms with E-state index in [-0.39, 0.29) is 17.9 Å². The zero-order valence-corrected chi connectivity index (χ0v) is 11.9. The van der Waals surface area contributed by atoms with E-state index in [1.54, 1.807) is 12.4 Å². The molecule has 5 nitrogen and oxygen atoms in total. The number of carbonyl (C=O) groups is 1. The Balaban J connectivity index is 1.90. The summed E-state index contributed by atoms with van der Waals surface area (Å²) in [5.41, 5.74) is 0.928. The Morgan fingerprint density at radius 2 is 2.05 bits per heavy atom. The molecule has 0 aliphatic carbocycles. The summed E-state index contributed by atoms with van der Waals surface area (Å²) in [6, 6.07) is 0.216. The maximum absolute atomic E-state index is 11.9.